The van der Waals surface area contributed by atoms with E-state index in [0.29, 0.717) is 6.42 Å². The highest BCUT2D eigenvalue weighted by Gasteiger charge is 2.17. The molecular formula is C20H23NO2. The maximum atomic E-state index is 12.4. The van der Waals surface area contributed by atoms with E-state index in [1.165, 1.54) is 0 Å². The summed E-state index contributed by atoms with van der Waals surface area (Å²) in [4.78, 5) is 23.4. The molecule has 1 aromatic heterocycles. The molecule has 0 aliphatic carbocycles. The molecule has 0 amide bonds. The van der Waals surface area contributed by atoms with Crippen molar-refractivity contribution in [1.29, 1.82) is 0 Å². The number of aromatic nitrogens is 1. The summed E-state index contributed by atoms with van der Waals surface area (Å²) < 4.78 is 1.69. The first kappa shape index (κ1) is 16.9. The molecule has 0 spiro atoms. The van der Waals surface area contributed by atoms with Crippen LogP contribution in [0.3, 0.4) is 0 Å². The van der Waals surface area contributed by atoms with Crippen molar-refractivity contribution in [2.75, 3.05) is 0 Å². The first-order valence-electron chi connectivity index (χ1n) is 7.90. The van der Waals surface area contributed by atoms with Crippen LogP contribution in [-0.4, -0.2) is 16.8 Å². The molecule has 0 saturated carbocycles. The van der Waals surface area contributed by atoms with Gasteiger partial charge in [0.05, 0.1) is 0 Å². The molecule has 120 valence electrons. The smallest absolute Gasteiger partial charge is 0.254 e. The average Bonchev–Trinajstić information content (AvgIpc) is 2.89. The van der Waals surface area contributed by atoms with E-state index in [4.69, 9.17) is 0 Å². The molecule has 0 radical (unpaired) electrons. The number of hydrogen-bond acceptors (Lipinski definition) is 2. The first-order chi connectivity index (χ1) is 11.0. The number of hydrogen-bond donors (Lipinski definition) is 0. The number of aldehydes is 1. The van der Waals surface area contributed by atoms with Gasteiger partial charge in [0.25, 0.3) is 5.91 Å². The largest absolute Gasteiger partial charge is 0.303 e. The van der Waals surface area contributed by atoms with Crippen molar-refractivity contribution in [2.24, 2.45) is 5.92 Å². The second kappa shape index (κ2) is 7.73. The lowest BCUT2D eigenvalue weighted by Gasteiger charge is -2.19. The second-order valence-electron chi connectivity index (χ2n) is 5.93. The zero-order valence-electron chi connectivity index (χ0n) is 13.9. The predicted octanol–water partition coefficient (Wildman–Crippen LogP) is 4.31. The Morgan fingerprint density at radius 3 is 2.26 bits per heavy atom. The standard InChI is InChI=1S/C20H23NO2/c1-15(19(13-14-22)18-7-5-4-6-8-18)9-12-20(23)21-16(2)10-11-17(21)3/h4-12,14-15,19H,13H2,1-3H3/b12-9+/t15-,19+/m0/s1. The van der Waals surface area contributed by atoms with Crippen LogP contribution >= 0.6 is 0 Å². The van der Waals surface area contributed by atoms with Crippen LogP contribution < -0.4 is 0 Å². The van der Waals surface area contributed by atoms with E-state index in [-0.39, 0.29) is 17.7 Å². The van der Waals surface area contributed by atoms with Gasteiger partial charge in [-0.25, -0.2) is 0 Å². The van der Waals surface area contributed by atoms with Crippen molar-refractivity contribution in [2.45, 2.75) is 33.1 Å². The Bertz CT molecular complexity index is 678. The summed E-state index contributed by atoms with van der Waals surface area (Å²) in [5, 5.41) is 0. The normalized spacial score (nSPS) is 13.9. The van der Waals surface area contributed by atoms with E-state index in [2.05, 4.69) is 0 Å². The van der Waals surface area contributed by atoms with Crippen LogP contribution in [0.5, 0.6) is 0 Å². The van der Waals surface area contributed by atoms with E-state index in [0.717, 1.165) is 23.2 Å². The Morgan fingerprint density at radius 2 is 1.70 bits per heavy atom. The minimum atomic E-state index is -0.0465. The number of carbonyl (C=O) groups excluding carboxylic acids is 2. The molecule has 1 aromatic carbocycles. The molecule has 3 nitrogen and oxygen atoms in total. The third-order valence-electron chi connectivity index (χ3n) is 4.25. The lowest BCUT2D eigenvalue weighted by atomic mass is 9.85. The molecule has 2 atom stereocenters. The van der Waals surface area contributed by atoms with E-state index in [9.17, 15) is 9.59 Å². The molecule has 2 rings (SSSR count). The van der Waals surface area contributed by atoms with Gasteiger partial charge in [-0.15, -0.1) is 0 Å². The molecule has 0 N–H and O–H groups in total. The fourth-order valence-electron chi connectivity index (χ4n) is 2.92. The lowest BCUT2D eigenvalue weighted by Crippen LogP contribution is -2.13. The van der Waals surface area contributed by atoms with Gasteiger partial charge in [-0.3, -0.25) is 9.36 Å². The number of benzene rings is 1. The third kappa shape index (κ3) is 4.07. The van der Waals surface area contributed by atoms with E-state index in [1.807, 2.05) is 69.3 Å². The molecule has 0 fully saturated rings. The number of allylic oxidation sites excluding steroid dienone is 2. The minimum absolute atomic E-state index is 0.0465. The summed E-state index contributed by atoms with van der Waals surface area (Å²) in [5.74, 6) is 0.141. The zero-order valence-corrected chi connectivity index (χ0v) is 13.9. The molecule has 0 aliphatic heterocycles. The van der Waals surface area contributed by atoms with Gasteiger partial charge < -0.3 is 4.79 Å². The summed E-state index contributed by atoms with van der Waals surface area (Å²) in [6.45, 7) is 5.88. The Balaban J connectivity index is 2.16. The van der Waals surface area contributed by atoms with Crippen LogP contribution in [0.1, 0.15) is 41.0 Å². The molecule has 0 bridgehead atoms. The van der Waals surface area contributed by atoms with Crippen molar-refractivity contribution in [1.82, 2.24) is 4.57 Å². The summed E-state index contributed by atoms with van der Waals surface area (Å²) in [6, 6.07) is 13.8. The number of carbonyl (C=O) groups is 2. The highest BCUT2D eigenvalue weighted by atomic mass is 16.2. The molecule has 0 aliphatic rings. The summed E-state index contributed by atoms with van der Waals surface area (Å²) in [6.07, 6.45) is 4.92. The van der Waals surface area contributed by atoms with Crippen LogP contribution in [0.15, 0.2) is 54.6 Å². The van der Waals surface area contributed by atoms with Crippen molar-refractivity contribution in [3.8, 4) is 0 Å². The van der Waals surface area contributed by atoms with Crippen molar-refractivity contribution >= 4 is 12.2 Å². The Hall–Kier alpha value is -2.42. The molecule has 3 heteroatoms. The number of rotatable bonds is 6. The topological polar surface area (TPSA) is 39.1 Å². The monoisotopic (exact) mass is 309 g/mol. The van der Waals surface area contributed by atoms with Gasteiger partial charge in [0.1, 0.15) is 6.29 Å². The SMILES string of the molecule is Cc1ccc(C)n1C(=O)/C=C/[C@H](C)[C@@H](CC=O)c1ccccc1. The minimum Gasteiger partial charge on any atom is -0.303 e. The van der Waals surface area contributed by atoms with Gasteiger partial charge in [-0.2, -0.15) is 0 Å². The molecule has 1 heterocycles. The van der Waals surface area contributed by atoms with Crippen molar-refractivity contribution in [3.63, 3.8) is 0 Å². The van der Waals surface area contributed by atoms with Crippen molar-refractivity contribution in [3.05, 3.63) is 71.6 Å². The molecular weight excluding hydrogens is 286 g/mol. The molecule has 0 saturated heterocycles. The Morgan fingerprint density at radius 1 is 1.09 bits per heavy atom. The number of nitrogens with zero attached hydrogens (tertiary/aromatic N) is 1. The Kier molecular flexibility index (Phi) is 5.69. The van der Waals surface area contributed by atoms with Gasteiger partial charge >= 0.3 is 0 Å². The van der Waals surface area contributed by atoms with Gasteiger partial charge in [-0.05, 0) is 43.4 Å². The fourth-order valence-corrected chi connectivity index (χ4v) is 2.92. The first-order valence-corrected chi connectivity index (χ1v) is 7.90. The maximum Gasteiger partial charge on any atom is 0.254 e. The lowest BCUT2D eigenvalue weighted by molar-refractivity contribution is -0.108. The quantitative estimate of drug-likeness (QED) is 0.589. The molecule has 2 aromatic rings. The van der Waals surface area contributed by atoms with E-state index < -0.39 is 0 Å². The molecule has 23 heavy (non-hydrogen) atoms. The highest BCUT2D eigenvalue weighted by molar-refractivity contribution is 5.91. The van der Waals surface area contributed by atoms with Crippen LogP contribution in [0, 0.1) is 19.8 Å². The molecule has 0 unspecified atom stereocenters. The third-order valence-corrected chi connectivity index (χ3v) is 4.25. The second-order valence-corrected chi connectivity index (χ2v) is 5.93. The van der Waals surface area contributed by atoms with Crippen molar-refractivity contribution < 1.29 is 9.59 Å². The highest BCUT2D eigenvalue weighted by Crippen LogP contribution is 2.28. The number of aryl methyl sites for hydroxylation is 2. The van der Waals surface area contributed by atoms with Crippen LogP contribution in [-0.2, 0) is 4.79 Å². The zero-order chi connectivity index (χ0) is 16.8. The van der Waals surface area contributed by atoms with Crippen LogP contribution in [0.25, 0.3) is 0 Å². The summed E-state index contributed by atoms with van der Waals surface area (Å²) in [5.41, 5.74) is 2.98. The Labute approximate surface area is 137 Å². The van der Waals surface area contributed by atoms with Gasteiger partial charge in [0, 0.05) is 23.9 Å². The maximum absolute atomic E-state index is 12.4. The van der Waals surface area contributed by atoms with Gasteiger partial charge in [0.15, 0.2) is 0 Å². The average molecular weight is 309 g/mol. The van der Waals surface area contributed by atoms with Gasteiger partial charge in [0.2, 0.25) is 0 Å². The van der Waals surface area contributed by atoms with Crippen LogP contribution in [0.4, 0.5) is 0 Å². The van der Waals surface area contributed by atoms with E-state index in [1.54, 1.807) is 10.6 Å². The fraction of sp³-hybridized carbons (Fsp3) is 0.300. The van der Waals surface area contributed by atoms with E-state index >= 15 is 0 Å². The van der Waals surface area contributed by atoms with Crippen LogP contribution in [0.2, 0.25) is 0 Å². The predicted molar refractivity (Wildman–Crippen MR) is 92.7 cm³/mol. The summed E-state index contributed by atoms with van der Waals surface area (Å²) in [7, 11) is 0. The van der Waals surface area contributed by atoms with Gasteiger partial charge in [-0.1, -0.05) is 43.3 Å². The summed E-state index contributed by atoms with van der Waals surface area (Å²) >= 11 is 0.